The molecule has 2 aromatic rings. The highest BCUT2D eigenvalue weighted by Gasteiger charge is 2.49. The van der Waals surface area contributed by atoms with Crippen molar-refractivity contribution in [1.82, 2.24) is 9.88 Å². The number of hydrogen-bond acceptors (Lipinski definition) is 4. The molecule has 1 aromatic carbocycles. The number of carbonyl (C=O) groups excluding carboxylic acids is 1. The molecule has 2 fully saturated rings. The van der Waals surface area contributed by atoms with E-state index in [-0.39, 0.29) is 18.1 Å². The first kappa shape index (κ1) is 15.1. The standard InChI is InChI=1S/C19H21N3O2/c1-2-24-15-10-8-14(9-11-15)18-21-13-5-6-16(21)19(23)22(18)17-7-3-4-12-20-17/h3-4,7-12,16,18H,2,5-6,13H2,1H3/t16-,18+/m0/s1. The van der Waals surface area contributed by atoms with Crippen LogP contribution in [0.15, 0.2) is 48.7 Å². The lowest BCUT2D eigenvalue weighted by atomic mass is 10.1. The summed E-state index contributed by atoms with van der Waals surface area (Å²) in [6, 6.07) is 13.7. The predicted octanol–water partition coefficient (Wildman–Crippen LogP) is 2.99. The van der Waals surface area contributed by atoms with Gasteiger partial charge >= 0.3 is 0 Å². The summed E-state index contributed by atoms with van der Waals surface area (Å²) in [4.78, 5) is 21.5. The molecule has 24 heavy (non-hydrogen) atoms. The van der Waals surface area contributed by atoms with Crippen molar-refractivity contribution >= 4 is 11.7 Å². The molecule has 0 unspecified atom stereocenters. The van der Waals surface area contributed by atoms with Crippen LogP contribution in [0.5, 0.6) is 5.75 Å². The fourth-order valence-electron chi connectivity index (χ4n) is 3.75. The van der Waals surface area contributed by atoms with Crippen LogP contribution in [0.2, 0.25) is 0 Å². The molecule has 2 aliphatic rings. The summed E-state index contributed by atoms with van der Waals surface area (Å²) < 4.78 is 5.54. The smallest absolute Gasteiger partial charge is 0.247 e. The molecule has 0 saturated carbocycles. The van der Waals surface area contributed by atoms with Gasteiger partial charge in [-0.1, -0.05) is 18.2 Å². The van der Waals surface area contributed by atoms with Crippen LogP contribution in [-0.4, -0.2) is 35.0 Å². The van der Waals surface area contributed by atoms with E-state index in [2.05, 4.69) is 22.0 Å². The Hall–Kier alpha value is -2.40. The Morgan fingerprint density at radius 1 is 1.21 bits per heavy atom. The molecule has 3 heterocycles. The summed E-state index contributed by atoms with van der Waals surface area (Å²) in [6.45, 7) is 3.56. The second-order valence-electron chi connectivity index (χ2n) is 6.17. The molecule has 1 aromatic heterocycles. The largest absolute Gasteiger partial charge is 0.494 e. The van der Waals surface area contributed by atoms with E-state index in [0.717, 1.165) is 36.5 Å². The maximum atomic E-state index is 13.0. The quantitative estimate of drug-likeness (QED) is 0.868. The Balaban J connectivity index is 1.73. The zero-order valence-electron chi connectivity index (χ0n) is 13.8. The van der Waals surface area contributed by atoms with Gasteiger partial charge in [0.25, 0.3) is 0 Å². The molecule has 0 N–H and O–H groups in total. The fraction of sp³-hybridized carbons (Fsp3) is 0.368. The molecule has 0 radical (unpaired) electrons. The number of hydrogen-bond donors (Lipinski definition) is 0. The topological polar surface area (TPSA) is 45.7 Å². The van der Waals surface area contributed by atoms with Crippen molar-refractivity contribution in [3.05, 3.63) is 54.2 Å². The van der Waals surface area contributed by atoms with E-state index in [0.29, 0.717) is 6.61 Å². The number of rotatable bonds is 4. The van der Waals surface area contributed by atoms with Crippen molar-refractivity contribution in [2.24, 2.45) is 0 Å². The SMILES string of the molecule is CCOc1ccc([C@H]2N(c3ccccn3)C(=O)[C@@H]3CCCN32)cc1. The minimum absolute atomic E-state index is 0.0245. The van der Waals surface area contributed by atoms with Crippen LogP contribution < -0.4 is 9.64 Å². The number of fused-ring (bicyclic) bond motifs is 1. The Morgan fingerprint density at radius 2 is 2.04 bits per heavy atom. The number of nitrogens with zero attached hydrogens (tertiary/aromatic N) is 3. The zero-order chi connectivity index (χ0) is 16.5. The second-order valence-corrected chi connectivity index (χ2v) is 6.17. The molecular formula is C19H21N3O2. The van der Waals surface area contributed by atoms with Gasteiger partial charge in [0.2, 0.25) is 5.91 Å². The number of pyridine rings is 1. The minimum atomic E-state index is -0.0874. The lowest BCUT2D eigenvalue weighted by Gasteiger charge is -2.29. The summed E-state index contributed by atoms with van der Waals surface area (Å²) >= 11 is 0. The molecular weight excluding hydrogens is 302 g/mol. The van der Waals surface area contributed by atoms with Crippen LogP contribution in [0, 0.1) is 0 Å². The first-order chi connectivity index (χ1) is 11.8. The van der Waals surface area contributed by atoms with Crippen LogP contribution >= 0.6 is 0 Å². The van der Waals surface area contributed by atoms with Gasteiger partial charge in [0.1, 0.15) is 17.7 Å². The Kier molecular flexibility index (Phi) is 3.94. The summed E-state index contributed by atoms with van der Waals surface area (Å²) in [5.74, 6) is 1.73. The molecule has 5 nitrogen and oxygen atoms in total. The van der Waals surface area contributed by atoms with E-state index in [1.54, 1.807) is 6.20 Å². The van der Waals surface area contributed by atoms with E-state index in [1.165, 1.54) is 0 Å². The Labute approximate surface area is 141 Å². The predicted molar refractivity (Wildman–Crippen MR) is 91.8 cm³/mol. The normalized spacial score (nSPS) is 23.5. The first-order valence-electron chi connectivity index (χ1n) is 8.52. The summed E-state index contributed by atoms with van der Waals surface area (Å²) in [5, 5.41) is 0. The van der Waals surface area contributed by atoms with Gasteiger partial charge in [0.15, 0.2) is 0 Å². The summed E-state index contributed by atoms with van der Waals surface area (Å²) in [5.41, 5.74) is 1.10. The highest BCUT2D eigenvalue weighted by Crippen LogP contribution is 2.41. The zero-order valence-corrected chi connectivity index (χ0v) is 13.8. The van der Waals surface area contributed by atoms with Crippen molar-refractivity contribution in [1.29, 1.82) is 0 Å². The molecule has 5 heteroatoms. The van der Waals surface area contributed by atoms with Crippen molar-refractivity contribution in [3.8, 4) is 5.75 Å². The third-order valence-corrected chi connectivity index (χ3v) is 4.76. The third-order valence-electron chi connectivity index (χ3n) is 4.76. The van der Waals surface area contributed by atoms with Crippen LogP contribution in [0.4, 0.5) is 5.82 Å². The third kappa shape index (κ3) is 2.45. The lowest BCUT2D eigenvalue weighted by Crippen LogP contribution is -2.32. The molecule has 124 valence electrons. The van der Waals surface area contributed by atoms with Crippen LogP contribution in [-0.2, 0) is 4.79 Å². The molecule has 4 rings (SSSR count). The monoisotopic (exact) mass is 323 g/mol. The van der Waals surface area contributed by atoms with E-state index in [1.807, 2.05) is 42.2 Å². The number of aromatic nitrogens is 1. The summed E-state index contributed by atoms with van der Waals surface area (Å²) in [6.07, 6.45) is 3.65. The van der Waals surface area contributed by atoms with E-state index < -0.39 is 0 Å². The molecule has 1 amide bonds. The number of carbonyl (C=O) groups is 1. The number of ether oxygens (including phenoxy) is 1. The van der Waals surface area contributed by atoms with E-state index >= 15 is 0 Å². The van der Waals surface area contributed by atoms with Crippen molar-refractivity contribution in [2.45, 2.75) is 32.0 Å². The van der Waals surface area contributed by atoms with Crippen molar-refractivity contribution in [3.63, 3.8) is 0 Å². The van der Waals surface area contributed by atoms with Crippen molar-refractivity contribution < 1.29 is 9.53 Å². The van der Waals surface area contributed by atoms with Gasteiger partial charge in [-0.25, -0.2) is 4.98 Å². The van der Waals surface area contributed by atoms with E-state index in [4.69, 9.17) is 4.74 Å². The maximum Gasteiger partial charge on any atom is 0.247 e. The highest BCUT2D eigenvalue weighted by molar-refractivity contribution is 5.99. The fourth-order valence-corrected chi connectivity index (χ4v) is 3.75. The van der Waals surface area contributed by atoms with E-state index in [9.17, 15) is 4.79 Å². The number of benzene rings is 1. The van der Waals surface area contributed by atoms with Gasteiger partial charge in [-0.05, 0) is 49.6 Å². The van der Waals surface area contributed by atoms with Gasteiger partial charge in [-0.15, -0.1) is 0 Å². The average molecular weight is 323 g/mol. The maximum absolute atomic E-state index is 13.0. The molecule has 2 atom stereocenters. The number of amides is 1. The molecule has 0 spiro atoms. The van der Waals surface area contributed by atoms with Gasteiger partial charge in [0.05, 0.1) is 12.6 Å². The minimum Gasteiger partial charge on any atom is -0.494 e. The van der Waals surface area contributed by atoms with Gasteiger partial charge < -0.3 is 4.74 Å². The Morgan fingerprint density at radius 3 is 2.75 bits per heavy atom. The molecule has 2 aliphatic heterocycles. The van der Waals surface area contributed by atoms with Gasteiger partial charge in [-0.2, -0.15) is 0 Å². The Bertz CT molecular complexity index is 717. The van der Waals surface area contributed by atoms with Crippen LogP contribution in [0.25, 0.3) is 0 Å². The highest BCUT2D eigenvalue weighted by atomic mass is 16.5. The molecule has 0 aliphatic carbocycles. The van der Waals surface area contributed by atoms with Crippen LogP contribution in [0.3, 0.4) is 0 Å². The average Bonchev–Trinajstić information content (AvgIpc) is 3.19. The van der Waals surface area contributed by atoms with Crippen LogP contribution in [0.1, 0.15) is 31.5 Å². The van der Waals surface area contributed by atoms with Gasteiger partial charge in [0, 0.05) is 12.7 Å². The summed E-state index contributed by atoms with van der Waals surface area (Å²) in [7, 11) is 0. The molecule has 2 saturated heterocycles. The van der Waals surface area contributed by atoms with Gasteiger partial charge in [-0.3, -0.25) is 14.6 Å². The first-order valence-corrected chi connectivity index (χ1v) is 8.52. The molecule has 0 bridgehead atoms. The second kappa shape index (κ2) is 6.24. The lowest BCUT2D eigenvalue weighted by molar-refractivity contribution is -0.119. The number of anilines is 1. The van der Waals surface area contributed by atoms with Crippen molar-refractivity contribution in [2.75, 3.05) is 18.1 Å².